The van der Waals surface area contributed by atoms with E-state index in [0.29, 0.717) is 13.1 Å². The highest BCUT2D eigenvalue weighted by Gasteiger charge is 1.98. The van der Waals surface area contributed by atoms with Gasteiger partial charge in [0.15, 0.2) is 0 Å². The quantitative estimate of drug-likeness (QED) is 0.625. The zero-order chi connectivity index (χ0) is 9.68. The van der Waals surface area contributed by atoms with E-state index in [4.69, 9.17) is 6.42 Å². The Morgan fingerprint density at radius 2 is 2.62 bits per heavy atom. The number of hydrogen-bond acceptors (Lipinski definition) is 3. The first-order valence-electron chi connectivity index (χ1n) is 3.83. The van der Waals surface area contributed by atoms with Gasteiger partial charge >= 0.3 is 0 Å². The molecule has 0 radical (unpaired) electrons. The summed E-state index contributed by atoms with van der Waals surface area (Å²) < 4.78 is 1.83. The molecule has 0 spiro atoms. The average Bonchev–Trinajstić information content (AvgIpc) is 2.52. The lowest BCUT2D eigenvalue weighted by atomic mass is 10.5. The van der Waals surface area contributed by atoms with Crippen molar-refractivity contribution in [1.82, 2.24) is 20.1 Å². The minimum absolute atomic E-state index is 0.397. The maximum absolute atomic E-state index is 10.6. The average molecular weight is 178 g/mol. The summed E-state index contributed by atoms with van der Waals surface area (Å²) in [7, 11) is 0. The molecule has 1 rings (SSSR count). The third kappa shape index (κ3) is 2.60. The molecule has 0 aliphatic carbocycles. The Labute approximate surface area is 76.2 Å². The van der Waals surface area contributed by atoms with Gasteiger partial charge in [0.25, 0.3) is 5.91 Å². The monoisotopic (exact) mass is 178 g/mol. The van der Waals surface area contributed by atoms with Crippen molar-refractivity contribution in [3.05, 3.63) is 12.2 Å². The molecule has 1 aromatic rings. The lowest BCUT2D eigenvalue weighted by Gasteiger charge is -2.02. The number of carbonyl (C=O) groups excluding carboxylic acids is 1. The van der Waals surface area contributed by atoms with E-state index >= 15 is 0 Å². The highest BCUT2D eigenvalue weighted by molar-refractivity contribution is 5.92. The number of aryl methyl sites for hydroxylation is 1. The Balaban J connectivity index is 2.33. The van der Waals surface area contributed by atoms with E-state index in [1.807, 2.05) is 17.4 Å². The summed E-state index contributed by atoms with van der Waals surface area (Å²) in [4.78, 5) is 10.6. The fraction of sp³-hybridized carbons (Fsp3) is 0.375. The van der Waals surface area contributed by atoms with Crippen LogP contribution in [0.25, 0.3) is 0 Å². The van der Waals surface area contributed by atoms with Crippen molar-refractivity contribution >= 4 is 5.91 Å². The molecule has 5 nitrogen and oxygen atoms in total. The van der Waals surface area contributed by atoms with Crippen molar-refractivity contribution in [3.8, 4) is 12.3 Å². The standard InChI is InChI=1S/C8H10N4O/c1-3-8(13)9-4-5-12-6-10-11-7(12)2/h1,6H,4-5H2,2H3,(H,9,13). The van der Waals surface area contributed by atoms with Crippen LogP contribution in [0.3, 0.4) is 0 Å². The second-order valence-electron chi connectivity index (χ2n) is 2.47. The Hall–Kier alpha value is -1.83. The van der Waals surface area contributed by atoms with Crippen LogP contribution in [0.5, 0.6) is 0 Å². The molecule has 1 aromatic heterocycles. The van der Waals surface area contributed by atoms with Gasteiger partial charge in [-0.25, -0.2) is 0 Å². The van der Waals surface area contributed by atoms with E-state index in [1.165, 1.54) is 0 Å². The molecule has 5 heteroatoms. The predicted octanol–water partition coefficient (Wildman–Crippen LogP) is -0.664. The fourth-order valence-corrected chi connectivity index (χ4v) is 0.873. The summed E-state index contributed by atoms with van der Waals surface area (Å²) in [5.41, 5.74) is 0. The Morgan fingerprint density at radius 3 is 3.15 bits per heavy atom. The smallest absolute Gasteiger partial charge is 0.295 e. The van der Waals surface area contributed by atoms with Gasteiger partial charge in [-0.05, 0) is 12.8 Å². The van der Waals surface area contributed by atoms with Crippen LogP contribution in [0.4, 0.5) is 0 Å². The molecular formula is C8H10N4O. The molecule has 0 atom stereocenters. The van der Waals surface area contributed by atoms with Gasteiger partial charge in [-0.2, -0.15) is 0 Å². The first-order chi connectivity index (χ1) is 6.24. The minimum Gasteiger partial charge on any atom is -0.343 e. The molecule has 1 N–H and O–H groups in total. The first kappa shape index (κ1) is 9.26. The highest BCUT2D eigenvalue weighted by Crippen LogP contribution is 1.89. The van der Waals surface area contributed by atoms with Crippen LogP contribution in [-0.2, 0) is 11.3 Å². The van der Waals surface area contributed by atoms with Gasteiger partial charge in [-0.15, -0.1) is 16.6 Å². The maximum atomic E-state index is 10.6. The zero-order valence-electron chi connectivity index (χ0n) is 7.32. The van der Waals surface area contributed by atoms with Crippen LogP contribution in [0.15, 0.2) is 6.33 Å². The van der Waals surface area contributed by atoms with Crippen molar-refractivity contribution in [1.29, 1.82) is 0 Å². The number of hydrogen-bond donors (Lipinski definition) is 1. The largest absolute Gasteiger partial charge is 0.343 e. The summed E-state index contributed by atoms with van der Waals surface area (Å²) >= 11 is 0. The van der Waals surface area contributed by atoms with Crippen molar-refractivity contribution in [3.63, 3.8) is 0 Å². The fourth-order valence-electron chi connectivity index (χ4n) is 0.873. The summed E-state index contributed by atoms with van der Waals surface area (Å²) in [6, 6.07) is 0. The molecule has 0 saturated carbocycles. The van der Waals surface area contributed by atoms with Gasteiger partial charge in [0.1, 0.15) is 12.2 Å². The first-order valence-corrected chi connectivity index (χ1v) is 3.83. The van der Waals surface area contributed by atoms with Gasteiger partial charge < -0.3 is 9.88 Å². The van der Waals surface area contributed by atoms with Crippen LogP contribution < -0.4 is 5.32 Å². The SMILES string of the molecule is C#CC(=O)NCCn1cnnc1C. The number of rotatable bonds is 3. The van der Waals surface area contributed by atoms with E-state index < -0.39 is 5.91 Å². The topological polar surface area (TPSA) is 59.8 Å². The number of nitrogens with zero attached hydrogens (tertiary/aromatic N) is 3. The lowest BCUT2D eigenvalue weighted by molar-refractivity contribution is -0.115. The highest BCUT2D eigenvalue weighted by atomic mass is 16.1. The van der Waals surface area contributed by atoms with E-state index in [1.54, 1.807) is 6.33 Å². The Morgan fingerprint density at radius 1 is 1.85 bits per heavy atom. The number of aromatic nitrogens is 3. The Bertz CT molecular complexity index is 336. The molecule has 1 amide bonds. The Kier molecular flexibility index (Phi) is 3.03. The summed E-state index contributed by atoms with van der Waals surface area (Å²) in [6.45, 7) is 2.96. The molecule has 0 saturated heterocycles. The molecule has 0 aliphatic rings. The van der Waals surface area contributed by atoms with Gasteiger partial charge in [0, 0.05) is 13.1 Å². The molecule has 0 unspecified atom stereocenters. The van der Waals surface area contributed by atoms with Crippen LogP contribution in [0, 0.1) is 19.3 Å². The number of terminal acetylenes is 1. The van der Waals surface area contributed by atoms with Gasteiger partial charge in [0.2, 0.25) is 0 Å². The molecule has 13 heavy (non-hydrogen) atoms. The molecule has 0 fully saturated rings. The lowest BCUT2D eigenvalue weighted by Crippen LogP contribution is -2.25. The number of carbonyl (C=O) groups is 1. The van der Waals surface area contributed by atoms with E-state index in [2.05, 4.69) is 15.5 Å². The van der Waals surface area contributed by atoms with Crippen molar-refractivity contribution in [2.45, 2.75) is 13.5 Å². The predicted molar refractivity (Wildman–Crippen MR) is 46.6 cm³/mol. The van der Waals surface area contributed by atoms with Gasteiger partial charge in [0.05, 0.1) is 0 Å². The van der Waals surface area contributed by atoms with E-state index in [-0.39, 0.29) is 0 Å². The van der Waals surface area contributed by atoms with Crippen LogP contribution >= 0.6 is 0 Å². The number of amides is 1. The second-order valence-corrected chi connectivity index (χ2v) is 2.47. The summed E-state index contributed by atoms with van der Waals surface area (Å²) in [6.07, 6.45) is 6.48. The van der Waals surface area contributed by atoms with Crippen molar-refractivity contribution < 1.29 is 4.79 Å². The van der Waals surface area contributed by atoms with Crippen molar-refractivity contribution in [2.24, 2.45) is 0 Å². The van der Waals surface area contributed by atoms with Crippen LogP contribution in [-0.4, -0.2) is 27.2 Å². The minimum atomic E-state index is -0.397. The van der Waals surface area contributed by atoms with Gasteiger partial charge in [-0.1, -0.05) is 0 Å². The van der Waals surface area contributed by atoms with E-state index in [9.17, 15) is 4.79 Å². The second kappa shape index (κ2) is 4.26. The molecular weight excluding hydrogens is 168 g/mol. The molecule has 68 valence electrons. The van der Waals surface area contributed by atoms with Crippen LogP contribution in [0.2, 0.25) is 0 Å². The zero-order valence-corrected chi connectivity index (χ0v) is 7.32. The summed E-state index contributed by atoms with van der Waals surface area (Å²) in [5, 5.41) is 10.0. The molecule has 0 bridgehead atoms. The summed E-state index contributed by atoms with van der Waals surface area (Å²) in [5.74, 6) is 2.39. The number of nitrogens with one attached hydrogen (secondary N) is 1. The third-order valence-corrected chi connectivity index (χ3v) is 1.58. The normalized spacial score (nSPS) is 9.23. The molecule has 0 aliphatic heterocycles. The maximum Gasteiger partial charge on any atom is 0.295 e. The van der Waals surface area contributed by atoms with E-state index in [0.717, 1.165) is 5.82 Å². The van der Waals surface area contributed by atoms with Crippen molar-refractivity contribution in [2.75, 3.05) is 6.54 Å². The third-order valence-electron chi connectivity index (χ3n) is 1.58. The molecule has 1 heterocycles. The van der Waals surface area contributed by atoms with Gasteiger partial charge in [-0.3, -0.25) is 4.79 Å². The van der Waals surface area contributed by atoms with Crippen LogP contribution in [0.1, 0.15) is 5.82 Å². The molecule has 0 aromatic carbocycles.